The second-order valence-corrected chi connectivity index (χ2v) is 15.0. The molecule has 5 aliphatic rings. The van der Waals surface area contributed by atoms with E-state index >= 15 is 0 Å². The number of ether oxygens (including phenoxy) is 6. The molecule has 6 N–H and O–H groups in total. The molecule has 1 aromatic carbocycles. The fourth-order valence-corrected chi connectivity index (χ4v) is 8.30. The molecule has 2 saturated heterocycles. The lowest BCUT2D eigenvalue weighted by molar-refractivity contribution is -0.349. The van der Waals surface area contributed by atoms with Crippen molar-refractivity contribution < 1.29 is 68.6 Å². The van der Waals surface area contributed by atoms with Crippen LogP contribution in [0, 0.1) is 17.8 Å². The highest BCUT2D eigenvalue weighted by Gasteiger charge is 2.54. The van der Waals surface area contributed by atoms with Gasteiger partial charge in [0.25, 0.3) is 0 Å². The van der Waals surface area contributed by atoms with Crippen LogP contribution in [0.3, 0.4) is 0 Å². The van der Waals surface area contributed by atoms with Crippen LogP contribution in [0.25, 0.3) is 0 Å². The lowest BCUT2D eigenvalue weighted by Gasteiger charge is -2.48. The van der Waals surface area contributed by atoms with Crippen molar-refractivity contribution in [1.29, 1.82) is 0 Å². The number of aliphatic hydroxyl groups is 5. The molecular weight excluding hydrogens is 668 g/mol. The molecule has 14 atom stereocenters. The SMILES string of the molecule is C[C@H]1O[C@@H](O[C@H]2[C@@H](C3CC3)CCC[C@H]2O[C@H]2O[C@H](CO)[C@H](O)[C@H](O[C@@H](CC3CCCCC3)C(=O)O)[C@H]2OC(=O)c2ccccc2)[C@H](O)[C@@H](O)[C@H]1O. The maximum atomic E-state index is 13.5. The number of carboxylic acid groups (broad SMARTS) is 1. The van der Waals surface area contributed by atoms with Crippen LogP contribution in [0.15, 0.2) is 30.3 Å². The third-order valence-electron chi connectivity index (χ3n) is 11.4. The summed E-state index contributed by atoms with van der Waals surface area (Å²) in [6.45, 7) is 0.917. The Kier molecular flexibility index (Phi) is 13.0. The van der Waals surface area contributed by atoms with E-state index in [0.29, 0.717) is 12.3 Å². The molecule has 286 valence electrons. The summed E-state index contributed by atoms with van der Waals surface area (Å²) in [6.07, 6.45) is -7.34. The minimum atomic E-state index is -1.57. The summed E-state index contributed by atoms with van der Waals surface area (Å²) in [7, 11) is 0. The molecular formula is C37H54O14. The zero-order valence-electron chi connectivity index (χ0n) is 29.1. The first-order chi connectivity index (χ1) is 24.5. The Hall–Kier alpha value is -2.24. The predicted octanol–water partition coefficient (Wildman–Crippen LogP) is 1.91. The largest absolute Gasteiger partial charge is 0.479 e. The average Bonchev–Trinajstić information content (AvgIpc) is 3.98. The van der Waals surface area contributed by atoms with Crippen molar-refractivity contribution in [1.82, 2.24) is 0 Å². The number of carbonyl (C=O) groups excluding carboxylic acids is 1. The highest BCUT2D eigenvalue weighted by molar-refractivity contribution is 5.89. The normalized spacial score (nSPS) is 40.0. The van der Waals surface area contributed by atoms with Gasteiger partial charge in [0.2, 0.25) is 0 Å². The molecule has 1 aromatic rings. The highest BCUT2D eigenvalue weighted by Crippen LogP contribution is 2.47. The third kappa shape index (κ3) is 9.11. The number of aliphatic hydroxyl groups excluding tert-OH is 5. The van der Waals surface area contributed by atoms with Crippen LogP contribution in [0.5, 0.6) is 0 Å². The van der Waals surface area contributed by atoms with Crippen LogP contribution in [0.4, 0.5) is 0 Å². The minimum absolute atomic E-state index is 0.00841. The van der Waals surface area contributed by atoms with Crippen LogP contribution < -0.4 is 0 Å². The van der Waals surface area contributed by atoms with Gasteiger partial charge in [0.1, 0.15) is 36.6 Å². The highest BCUT2D eigenvalue weighted by atomic mass is 16.7. The number of aliphatic carboxylic acids is 1. The van der Waals surface area contributed by atoms with E-state index in [9.17, 15) is 40.2 Å². The van der Waals surface area contributed by atoms with Gasteiger partial charge in [-0.15, -0.1) is 0 Å². The summed E-state index contributed by atoms with van der Waals surface area (Å²) in [4.78, 5) is 26.1. The molecule has 0 spiro atoms. The molecule has 0 amide bonds. The van der Waals surface area contributed by atoms with Crippen molar-refractivity contribution in [2.45, 2.75) is 157 Å². The quantitative estimate of drug-likeness (QED) is 0.161. The van der Waals surface area contributed by atoms with Gasteiger partial charge in [-0.2, -0.15) is 0 Å². The van der Waals surface area contributed by atoms with E-state index in [1.54, 1.807) is 37.3 Å². The van der Waals surface area contributed by atoms with Crippen molar-refractivity contribution in [2.75, 3.05) is 6.61 Å². The summed E-state index contributed by atoms with van der Waals surface area (Å²) in [5.74, 6) is -1.56. The zero-order chi connectivity index (χ0) is 36.2. The fraction of sp³-hybridized carbons (Fsp3) is 0.784. The average molecular weight is 723 g/mol. The molecule has 51 heavy (non-hydrogen) atoms. The van der Waals surface area contributed by atoms with E-state index in [1.165, 1.54) is 0 Å². The van der Waals surface area contributed by atoms with E-state index in [1.807, 2.05) is 0 Å². The van der Waals surface area contributed by atoms with Crippen molar-refractivity contribution in [3.63, 3.8) is 0 Å². The molecule has 0 bridgehead atoms. The molecule has 5 fully saturated rings. The molecule has 14 nitrogen and oxygen atoms in total. The molecule has 0 aromatic heterocycles. The van der Waals surface area contributed by atoms with Crippen LogP contribution in [0.2, 0.25) is 0 Å². The zero-order valence-corrected chi connectivity index (χ0v) is 29.1. The van der Waals surface area contributed by atoms with Crippen LogP contribution in [-0.2, 0) is 33.2 Å². The number of carboxylic acids is 1. The summed E-state index contributed by atoms with van der Waals surface area (Å²) in [5.41, 5.74) is 0.205. The Bertz CT molecular complexity index is 1270. The Labute approximate surface area is 297 Å². The van der Waals surface area contributed by atoms with Gasteiger partial charge in [-0.3, -0.25) is 0 Å². The first-order valence-electron chi connectivity index (χ1n) is 18.6. The van der Waals surface area contributed by atoms with Crippen molar-refractivity contribution in [3.05, 3.63) is 35.9 Å². The standard InChI is InChI=1S/C37H54O14/c1-19-27(39)29(41)30(42)36(46-19)51-31-23(21-15-16-21)13-8-14-24(31)48-37-33(50-35(45)22-11-6-3-7-12-22)32(28(40)26(18-38)49-37)47-25(34(43)44)17-20-9-4-2-5-10-20/h3,6-7,11-12,19-21,23-33,36-42H,2,4-5,8-10,13-18H2,1H3,(H,43,44)/t19-,23-,24-,25+,26-,27+,28+,29+,30-,31+,32+,33-,36+,37+/m1/s1. The summed E-state index contributed by atoms with van der Waals surface area (Å²) < 4.78 is 37.2. The topological polar surface area (TPSA) is 211 Å². The van der Waals surface area contributed by atoms with E-state index in [2.05, 4.69) is 0 Å². The lowest BCUT2D eigenvalue weighted by atomic mass is 9.81. The summed E-state index contributed by atoms with van der Waals surface area (Å²) in [6, 6.07) is 8.18. The molecule has 0 unspecified atom stereocenters. The molecule has 6 rings (SSSR count). The van der Waals surface area contributed by atoms with Crippen LogP contribution in [0.1, 0.15) is 87.9 Å². The molecule has 3 saturated carbocycles. The second-order valence-electron chi connectivity index (χ2n) is 15.0. The summed E-state index contributed by atoms with van der Waals surface area (Å²) in [5, 5.41) is 63.6. The Morgan fingerprint density at radius 1 is 0.784 bits per heavy atom. The van der Waals surface area contributed by atoms with Gasteiger partial charge in [0, 0.05) is 0 Å². The van der Waals surface area contributed by atoms with Crippen LogP contribution in [-0.4, -0.2) is 129 Å². The molecule has 0 radical (unpaired) electrons. The number of hydrogen-bond donors (Lipinski definition) is 6. The maximum absolute atomic E-state index is 13.5. The van der Waals surface area contributed by atoms with Gasteiger partial charge in [0.05, 0.1) is 30.5 Å². The van der Waals surface area contributed by atoms with Gasteiger partial charge in [-0.1, -0.05) is 56.7 Å². The van der Waals surface area contributed by atoms with E-state index in [-0.39, 0.29) is 23.8 Å². The number of carbonyl (C=O) groups is 2. The Morgan fingerprint density at radius 2 is 1.51 bits per heavy atom. The van der Waals surface area contributed by atoms with Gasteiger partial charge in [0.15, 0.2) is 24.8 Å². The molecule has 14 heteroatoms. The third-order valence-corrected chi connectivity index (χ3v) is 11.4. The predicted molar refractivity (Wildman–Crippen MR) is 177 cm³/mol. The first-order valence-corrected chi connectivity index (χ1v) is 18.6. The number of rotatable bonds is 13. The summed E-state index contributed by atoms with van der Waals surface area (Å²) >= 11 is 0. The van der Waals surface area contributed by atoms with Gasteiger partial charge in [-0.05, 0) is 68.9 Å². The maximum Gasteiger partial charge on any atom is 0.338 e. The van der Waals surface area contributed by atoms with E-state index < -0.39 is 98.3 Å². The number of esters is 1. The van der Waals surface area contributed by atoms with Gasteiger partial charge in [-0.25, -0.2) is 9.59 Å². The monoisotopic (exact) mass is 722 g/mol. The second kappa shape index (κ2) is 17.3. The van der Waals surface area contributed by atoms with Gasteiger partial charge < -0.3 is 59.1 Å². The number of benzene rings is 1. The Morgan fingerprint density at radius 3 is 2.18 bits per heavy atom. The van der Waals surface area contributed by atoms with E-state index in [4.69, 9.17) is 28.4 Å². The van der Waals surface area contributed by atoms with Crippen molar-refractivity contribution in [3.8, 4) is 0 Å². The smallest absolute Gasteiger partial charge is 0.338 e. The fourth-order valence-electron chi connectivity index (χ4n) is 8.30. The van der Waals surface area contributed by atoms with Gasteiger partial charge >= 0.3 is 11.9 Å². The molecule has 2 heterocycles. The molecule has 2 aliphatic heterocycles. The van der Waals surface area contributed by atoms with Crippen molar-refractivity contribution in [2.24, 2.45) is 17.8 Å². The number of hydrogen-bond acceptors (Lipinski definition) is 13. The lowest BCUT2D eigenvalue weighted by Crippen LogP contribution is -2.64. The molecule has 3 aliphatic carbocycles. The first kappa shape index (κ1) is 38.5. The minimum Gasteiger partial charge on any atom is -0.479 e. The van der Waals surface area contributed by atoms with Crippen molar-refractivity contribution >= 4 is 11.9 Å². The van der Waals surface area contributed by atoms with E-state index in [0.717, 1.165) is 57.8 Å². The Balaban J connectivity index is 1.29. The van der Waals surface area contributed by atoms with Crippen LogP contribution >= 0.6 is 0 Å².